The smallest absolute Gasteiger partial charge is 0.232 e. The number of carbonyl (C=O) groups is 1. The minimum absolute atomic E-state index is 0.0852. The van der Waals surface area contributed by atoms with Gasteiger partial charge in [-0.3, -0.25) is 4.79 Å². The van der Waals surface area contributed by atoms with E-state index in [1.807, 2.05) is 18.2 Å². The van der Waals surface area contributed by atoms with Crippen LogP contribution < -0.4 is 10.1 Å². The lowest BCUT2D eigenvalue weighted by Gasteiger charge is -2.14. The number of rotatable bonds is 6. The number of fused-ring (bicyclic) bond motifs is 1. The van der Waals surface area contributed by atoms with Crippen LogP contribution in [0, 0.1) is 13.8 Å². The van der Waals surface area contributed by atoms with E-state index >= 15 is 0 Å². The van der Waals surface area contributed by atoms with Gasteiger partial charge in [-0.1, -0.05) is 49.2 Å². The fourth-order valence-corrected chi connectivity index (χ4v) is 3.36. The van der Waals surface area contributed by atoms with Crippen LogP contribution in [-0.2, 0) is 11.2 Å². The van der Waals surface area contributed by atoms with Crippen molar-refractivity contribution >= 4 is 11.6 Å². The summed E-state index contributed by atoms with van der Waals surface area (Å²) in [4.78, 5) is 12.5. The molecule has 0 spiro atoms. The van der Waals surface area contributed by atoms with Crippen LogP contribution in [-0.4, -0.2) is 12.5 Å². The summed E-state index contributed by atoms with van der Waals surface area (Å²) in [7, 11) is 0. The quantitative estimate of drug-likeness (QED) is 0.778. The second-order valence-corrected chi connectivity index (χ2v) is 6.60. The standard InChI is InChI=1S/C21H25NO2/c1-4-5-10-24-19-9-7-6-8-16(19)13-18-17-12-14(2)11-15(3)20(17)22-21(18)23/h6-9,11-12,18H,4-5,10,13H2,1-3H3,(H,22,23)/t18-/m0/s1. The average molecular weight is 323 g/mol. The van der Waals surface area contributed by atoms with Gasteiger partial charge in [0, 0.05) is 5.69 Å². The van der Waals surface area contributed by atoms with Gasteiger partial charge in [0.05, 0.1) is 12.5 Å². The molecule has 0 aliphatic carbocycles. The lowest BCUT2D eigenvalue weighted by Crippen LogP contribution is -2.15. The van der Waals surface area contributed by atoms with Crippen LogP contribution in [0.15, 0.2) is 36.4 Å². The van der Waals surface area contributed by atoms with Crippen LogP contribution in [0.2, 0.25) is 0 Å². The molecule has 2 aromatic carbocycles. The summed E-state index contributed by atoms with van der Waals surface area (Å²) in [5, 5.41) is 3.06. The number of amides is 1. The number of anilines is 1. The van der Waals surface area contributed by atoms with Gasteiger partial charge >= 0.3 is 0 Å². The van der Waals surface area contributed by atoms with E-state index in [9.17, 15) is 4.79 Å². The van der Waals surface area contributed by atoms with Crippen LogP contribution in [0.4, 0.5) is 5.69 Å². The molecule has 1 N–H and O–H groups in total. The van der Waals surface area contributed by atoms with Gasteiger partial charge in [0.2, 0.25) is 5.91 Å². The molecular weight excluding hydrogens is 298 g/mol. The van der Waals surface area contributed by atoms with Crippen LogP contribution in [0.5, 0.6) is 5.75 Å². The maximum absolute atomic E-state index is 12.5. The molecule has 0 bridgehead atoms. The van der Waals surface area contributed by atoms with Crippen molar-refractivity contribution in [3.8, 4) is 5.75 Å². The molecule has 3 rings (SSSR count). The molecule has 0 unspecified atom stereocenters. The van der Waals surface area contributed by atoms with Crippen molar-refractivity contribution in [2.45, 2.75) is 46.0 Å². The molecule has 0 radical (unpaired) electrons. The van der Waals surface area contributed by atoms with Crippen molar-refractivity contribution in [1.29, 1.82) is 0 Å². The molecule has 2 aromatic rings. The van der Waals surface area contributed by atoms with E-state index in [1.165, 1.54) is 5.56 Å². The zero-order chi connectivity index (χ0) is 17.1. The Morgan fingerprint density at radius 2 is 1.96 bits per heavy atom. The molecule has 1 heterocycles. The average Bonchev–Trinajstić information content (AvgIpc) is 2.86. The monoisotopic (exact) mass is 323 g/mol. The molecule has 3 nitrogen and oxygen atoms in total. The summed E-state index contributed by atoms with van der Waals surface area (Å²) >= 11 is 0. The highest BCUT2D eigenvalue weighted by Crippen LogP contribution is 2.39. The SMILES string of the molecule is CCCCOc1ccccc1C[C@@H]1C(=O)Nc2c(C)cc(C)cc21. The molecule has 3 heteroatoms. The van der Waals surface area contributed by atoms with Crippen LogP contribution in [0.3, 0.4) is 0 Å². The first-order valence-corrected chi connectivity index (χ1v) is 8.73. The fraction of sp³-hybridized carbons (Fsp3) is 0.381. The molecule has 0 saturated heterocycles. The Morgan fingerprint density at radius 1 is 1.17 bits per heavy atom. The Balaban J connectivity index is 1.86. The predicted octanol–water partition coefficient (Wildman–Crippen LogP) is 4.76. The van der Waals surface area contributed by atoms with Gasteiger partial charge in [-0.05, 0) is 49.4 Å². The number of hydrogen-bond acceptors (Lipinski definition) is 2. The predicted molar refractivity (Wildman–Crippen MR) is 97.8 cm³/mol. The highest BCUT2D eigenvalue weighted by molar-refractivity contribution is 6.04. The van der Waals surface area contributed by atoms with Crippen molar-refractivity contribution in [3.05, 3.63) is 58.7 Å². The minimum Gasteiger partial charge on any atom is -0.493 e. The molecule has 1 atom stereocenters. The Morgan fingerprint density at radius 3 is 2.75 bits per heavy atom. The van der Waals surface area contributed by atoms with Gasteiger partial charge in [-0.25, -0.2) is 0 Å². The van der Waals surface area contributed by atoms with E-state index in [-0.39, 0.29) is 11.8 Å². The number of aryl methyl sites for hydroxylation is 2. The van der Waals surface area contributed by atoms with Crippen molar-refractivity contribution in [2.75, 3.05) is 11.9 Å². The number of unbranched alkanes of at least 4 members (excludes halogenated alkanes) is 1. The van der Waals surface area contributed by atoms with E-state index in [4.69, 9.17) is 4.74 Å². The van der Waals surface area contributed by atoms with Gasteiger partial charge in [-0.15, -0.1) is 0 Å². The van der Waals surface area contributed by atoms with Gasteiger partial charge in [0.15, 0.2) is 0 Å². The summed E-state index contributed by atoms with van der Waals surface area (Å²) in [6.07, 6.45) is 2.82. The van der Waals surface area contributed by atoms with Crippen molar-refractivity contribution < 1.29 is 9.53 Å². The molecule has 1 amide bonds. The normalized spacial score (nSPS) is 16.0. The van der Waals surface area contributed by atoms with Crippen LogP contribution >= 0.6 is 0 Å². The third-order valence-electron chi connectivity index (χ3n) is 4.60. The second kappa shape index (κ2) is 7.08. The molecule has 0 saturated carbocycles. The van der Waals surface area contributed by atoms with Gasteiger partial charge in [0.25, 0.3) is 0 Å². The maximum atomic E-state index is 12.5. The van der Waals surface area contributed by atoms with Crippen LogP contribution in [0.25, 0.3) is 0 Å². The third-order valence-corrected chi connectivity index (χ3v) is 4.60. The van der Waals surface area contributed by atoms with Crippen molar-refractivity contribution in [2.24, 2.45) is 0 Å². The number of ether oxygens (including phenoxy) is 1. The Bertz CT molecular complexity index is 751. The van der Waals surface area contributed by atoms with Gasteiger partial charge in [0.1, 0.15) is 5.75 Å². The summed E-state index contributed by atoms with van der Waals surface area (Å²) < 4.78 is 5.93. The summed E-state index contributed by atoms with van der Waals surface area (Å²) in [6, 6.07) is 12.3. The minimum atomic E-state index is -0.144. The highest BCUT2D eigenvalue weighted by Gasteiger charge is 2.32. The number of carbonyl (C=O) groups excluding carboxylic acids is 1. The first kappa shape index (κ1) is 16.6. The van der Waals surface area contributed by atoms with Gasteiger partial charge < -0.3 is 10.1 Å². The molecule has 0 fully saturated rings. The summed E-state index contributed by atoms with van der Waals surface area (Å²) in [5.41, 5.74) is 5.52. The molecule has 126 valence electrons. The maximum Gasteiger partial charge on any atom is 0.232 e. The van der Waals surface area contributed by atoms with Crippen molar-refractivity contribution in [1.82, 2.24) is 0 Å². The highest BCUT2D eigenvalue weighted by atomic mass is 16.5. The van der Waals surface area contributed by atoms with Crippen LogP contribution in [0.1, 0.15) is 47.9 Å². The molecule has 1 aliphatic heterocycles. The molecule has 24 heavy (non-hydrogen) atoms. The van der Waals surface area contributed by atoms with E-state index in [1.54, 1.807) is 0 Å². The third kappa shape index (κ3) is 3.30. The fourth-order valence-electron chi connectivity index (χ4n) is 3.36. The van der Waals surface area contributed by atoms with E-state index in [0.717, 1.165) is 47.6 Å². The van der Waals surface area contributed by atoms with Gasteiger partial charge in [-0.2, -0.15) is 0 Å². The summed E-state index contributed by atoms with van der Waals surface area (Å²) in [6.45, 7) is 7.00. The number of nitrogens with one attached hydrogen (secondary N) is 1. The lowest BCUT2D eigenvalue weighted by molar-refractivity contribution is -0.117. The second-order valence-electron chi connectivity index (χ2n) is 6.60. The topological polar surface area (TPSA) is 38.3 Å². The zero-order valence-corrected chi connectivity index (χ0v) is 14.7. The Kier molecular flexibility index (Phi) is 4.89. The zero-order valence-electron chi connectivity index (χ0n) is 14.7. The van der Waals surface area contributed by atoms with Crippen molar-refractivity contribution in [3.63, 3.8) is 0 Å². The lowest BCUT2D eigenvalue weighted by atomic mass is 9.91. The molecular formula is C21H25NO2. The number of benzene rings is 2. The van der Waals surface area contributed by atoms with E-state index in [0.29, 0.717) is 6.42 Å². The first-order valence-electron chi connectivity index (χ1n) is 8.73. The number of hydrogen-bond donors (Lipinski definition) is 1. The molecule has 1 aliphatic rings. The Labute approximate surface area is 144 Å². The summed E-state index contributed by atoms with van der Waals surface area (Å²) in [5.74, 6) is 0.841. The largest absolute Gasteiger partial charge is 0.493 e. The first-order chi connectivity index (χ1) is 11.6. The van der Waals surface area contributed by atoms with E-state index < -0.39 is 0 Å². The van der Waals surface area contributed by atoms with E-state index in [2.05, 4.69) is 44.3 Å². The Hall–Kier alpha value is -2.29. The molecule has 0 aromatic heterocycles. The number of para-hydroxylation sites is 1.